The van der Waals surface area contributed by atoms with Crippen LogP contribution in [0.2, 0.25) is 0 Å². The number of hydrogen-bond donors (Lipinski definition) is 2. The molecule has 0 radical (unpaired) electrons. The maximum atomic E-state index is 13.2. The minimum Gasteiger partial charge on any atom is -0.434 e. The predicted octanol–water partition coefficient (Wildman–Crippen LogP) is 1.42. The molecule has 0 spiro atoms. The maximum absolute atomic E-state index is 13.2. The van der Waals surface area contributed by atoms with Gasteiger partial charge in [0.1, 0.15) is 5.82 Å². The summed E-state index contributed by atoms with van der Waals surface area (Å²) in [7, 11) is 0. The van der Waals surface area contributed by atoms with E-state index in [2.05, 4.69) is 9.97 Å². The van der Waals surface area contributed by atoms with Crippen molar-refractivity contribution in [1.82, 2.24) is 9.97 Å². The molecule has 0 unspecified atom stereocenters. The first-order chi connectivity index (χ1) is 8.08. The molecule has 2 aromatic rings. The van der Waals surface area contributed by atoms with Crippen LogP contribution in [0, 0.1) is 11.6 Å². The van der Waals surface area contributed by atoms with E-state index in [1.165, 1.54) is 0 Å². The van der Waals surface area contributed by atoms with Crippen molar-refractivity contribution < 1.29 is 13.5 Å². The second-order valence-electron chi connectivity index (χ2n) is 3.13. The third-order valence-corrected chi connectivity index (χ3v) is 1.95. The van der Waals surface area contributed by atoms with E-state index in [0.29, 0.717) is 0 Å². The summed E-state index contributed by atoms with van der Waals surface area (Å²) >= 11 is 0. The molecule has 1 aromatic heterocycles. The van der Waals surface area contributed by atoms with Crippen LogP contribution in [-0.4, -0.2) is 9.97 Å². The zero-order chi connectivity index (χ0) is 12.4. The molecule has 0 aliphatic heterocycles. The van der Waals surface area contributed by atoms with Crippen LogP contribution in [0.3, 0.4) is 0 Å². The number of nitrogen functional groups attached to an aromatic ring is 1. The van der Waals surface area contributed by atoms with Crippen molar-refractivity contribution in [2.75, 3.05) is 5.73 Å². The van der Waals surface area contributed by atoms with Gasteiger partial charge in [0.2, 0.25) is 5.88 Å². The van der Waals surface area contributed by atoms with Crippen molar-refractivity contribution >= 4 is 5.69 Å². The number of nitrogens with two attached hydrogens (primary N) is 1. The summed E-state index contributed by atoms with van der Waals surface area (Å²) < 4.78 is 31.0. The Morgan fingerprint density at radius 2 is 2.12 bits per heavy atom. The first-order valence-corrected chi connectivity index (χ1v) is 4.54. The van der Waals surface area contributed by atoms with Gasteiger partial charge in [0.15, 0.2) is 17.3 Å². The molecular formula is C10H7F2N3O2. The second kappa shape index (κ2) is 4.20. The number of aromatic nitrogens is 2. The van der Waals surface area contributed by atoms with Gasteiger partial charge in [-0.2, -0.15) is 0 Å². The highest BCUT2D eigenvalue weighted by Gasteiger charge is 2.11. The number of hydrogen-bond acceptors (Lipinski definition) is 4. The number of benzene rings is 1. The van der Waals surface area contributed by atoms with Gasteiger partial charge in [-0.15, -0.1) is 0 Å². The number of nitrogens with zero attached hydrogens (tertiary/aromatic N) is 1. The van der Waals surface area contributed by atoms with E-state index in [1.807, 2.05) is 0 Å². The molecule has 0 atom stereocenters. The summed E-state index contributed by atoms with van der Waals surface area (Å²) in [5, 5.41) is 0. The van der Waals surface area contributed by atoms with Crippen molar-refractivity contribution in [3.63, 3.8) is 0 Å². The fourth-order valence-corrected chi connectivity index (χ4v) is 1.13. The molecule has 1 aromatic carbocycles. The Hall–Kier alpha value is -2.44. The molecule has 0 saturated carbocycles. The lowest BCUT2D eigenvalue weighted by Gasteiger charge is -2.06. The first kappa shape index (κ1) is 11.1. The second-order valence-corrected chi connectivity index (χ2v) is 3.13. The Balaban J connectivity index is 2.41. The monoisotopic (exact) mass is 239 g/mol. The molecule has 1 heterocycles. The number of ether oxygens (including phenoxy) is 1. The molecule has 3 N–H and O–H groups in total. The molecule has 88 valence electrons. The number of aromatic amines is 1. The average Bonchev–Trinajstić information content (AvgIpc) is 2.30. The molecule has 0 aliphatic rings. The van der Waals surface area contributed by atoms with Crippen LogP contribution in [0.15, 0.2) is 29.3 Å². The van der Waals surface area contributed by atoms with Crippen LogP contribution in [0.25, 0.3) is 0 Å². The van der Waals surface area contributed by atoms with Crippen molar-refractivity contribution in [2.24, 2.45) is 0 Å². The molecule has 7 heteroatoms. The lowest BCUT2D eigenvalue weighted by Crippen LogP contribution is -2.13. The normalized spacial score (nSPS) is 10.2. The van der Waals surface area contributed by atoms with Crippen molar-refractivity contribution in [1.29, 1.82) is 0 Å². The van der Waals surface area contributed by atoms with Gasteiger partial charge >= 0.3 is 0 Å². The van der Waals surface area contributed by atoms with Gasteiger partial charge in [0.05, 0.1) is 6.33 Å². The lowest BCUT2D eigenvalue weighted by molar-refractivity contribution is 0.423. The highest BCUT2D eigenvalue weighted by atomic mass is 19.1. The summed E-state index contributed by atoms with van der Waals surface area (Å²) in [6.45, 7) is 0. The summed E-state index contributed by atoms with van der Waals surface area (Å²) in [6, 6.07) is 2.67. The summed E-state index contributed by atoms with van der Waals surface area (Å²) in [6.07, 6.45) is 1.05. The zero-order valence-corrected chi connectivity index (χ0v) is 8.41. The summed E-state index contributed by atoms with van der Waals surface area (Å²) in [5.41, 5.74) is 4.44. The quantitative estimate of drug-likeness (QED) is 0.830. The van der Waals surface area contributed by atoms with Crippen LogP contribution in [0.5, 0.6) is 11.6 Å². The Labute approximate surface area is 93.9 Å². The van der Waals surface area contributed by atoms with E-state index < -0.39 is 22.9 Å². The Kier molecular flexibility index (Phi) is 2.73. The molecule has 17 heavy (non-hydrogen) atoms. The Morgan fingerprint density at radius 3 is 2.88 bits per heavy atom. The van der Waals surface area contributed by atoms with E-state index >= 15 is 0 Å². The molecular weight excluding hydrogens is 232 g/mol. The first-order valence-electron chi connectivity index (χ1n) is 4.54. The predicted molar refractivity (Wildman–Crippen MR) is 55.7 cm³/mol. The fraction of sp³-hybridized carbons (Fsp3) is 0. The Morgan fingerprint density at radius 1 is 1.35 bits per heavy atom. The van der Waals surface area contributed by atoms with Gasteiger partial charge in [-0.05, 0) is 12.1 Å². The topological polar surface area (TPSA) is 81.0 Å². The molecule has 0 amide bonds. The minimum absolute atomic E-state index is 0.279. The minimum atomic E-state index is -0.784. The number of anilines is 1. The van der Waals surface area contributed by atoms with Gasteiger partial charge in [-0.3, -0.25) is 4.79 Å². The smallest absolute Gasteiger partial charge is 0.277 e. The number of halogens is 2. The SMILES string of the molecule is Nc1c(Oc2cc(F)ccc2F)nc[nH]c1=O. The third kappa shape index (κ3) is 2.22. The molecule has 0 bridgehead atoms. The van der Waals surface area contributed by atoms with E-state index in [-0.39, 0.29) is 11.6 Å². The van der Waals surface area contributed by atoms with E-state index in [0.717, 1.165) is 24.5 Å². The van der Waals surface area contributed by atoms with E-state index in [9.17, 15) is 13.6 Å². The standard InChI is InChI=1S/C10H7F2N3O2/c11-5-1-2-6(12)7(3-5)17-10-8(13)9(16)14-4-15-10/h1-4H,13H2,(H,14,15,16). The van der Waals surface area contributed by atoms with Gasteiger partial charge in [-0.1, -0.05) is 0 Å². The van der Waals surface area contributed by atoms with Crippen LogP contribution >= 0.6 is 0 Å². The van der Waals surface area contributed by atoms with Crippen molar-refractivity contribution in [3.8, 4) is 11.6 Å². The summed E-state index contributed by atoms with van der Waals surface area (Å²) in [4.78, 5) is 16.9. The van der Waals surface area contributed by atoms with Crippen LogP contribution in [-0.2, 0) is 0 Å². The lowest BCUT2D eigenvalue weighted by atomic mass is 10.3. The van der Waals surface area contributed by atoms with E-state index in [4.69, 9.17) is 10.5 Å². The van der Waals surface area contributed by atoms with Crippen LogP contribution in [0.4, 0.5) is 14.5 Å². The molecule has 5 nitrogen and oxygen atoms in total. The van der Waals surface area contributed by atoms with Crippen LogP contribution in [0.1, 0.15) is 0 Å². The van der Waals surface area contributed by atoms with Gasteiger partial charge < -0.3 is 15.5 Å². The summed E-state index contributed by atoms with van der Waals surface area (Å²) in [5.74, 6) is -2.13. The number of nitrogens with one attached hydrogen (secondary N) is 1. The third-order valence-electron chi connectivity index (χ3n) is 1.95. The fourth-order valence-electron chi connectivity index (χ4n) is 1.13. The average molecular weight is 239 g/mol. The van der Waals surface area contributed by atoms with Crippen molar-refractivity contribution in [3.05, 3.63) is 46.5 Å². The van der Waals surface area contributed by atoms with Gasteiger partial charge in [0, 0.05) is 6.07 Å². The maximum Gasteiger partial charge on any atom is 0.277 e. The molecule has 0 aliphatic carbocycles. The molecule has 0 fully saturated rings. The van der Waals surface area contributed by atoms with E-state index in [1.54, 1.807) is 0 Å². The van der Waals surface area contributed by atoms with Gasteiger partial charge in [-0.25, -0.2) is 13.8 Å². The number of rotatable bonds is 2. The highest BCUT2D eigenvalue weighted by molar-refractivity contribution is 5.47. The largest absolute Gasteiger partial charge is 0.434 e. The van der Waals surface area contributed by atoms with Crippen molar-refractivity contribution in [2.45, 2.75) is 0 Å². The Bertz CT molecular complexity index is 613. The van der Waals surface area contributed by atoms with Gasteiger partial charge in [0.25, 0.3) is 5.56 Å². The number of H-pyrrole nitrogens is 1. The highest BCUT2D eigenvalue weighted by Crippen LogP contribution is 2.25. The molecule has 0 saturated heterocycles. The zero-order valence-electron chi connectivity index (χ0n) is 8.41. The molecule has 2 rings (SSSR count). The van der Waals surface area contributed by atoms with Crippen LogP contribution < -0.4 is 16.0 Å².